The number of rotatable bonds is 5. The number of hydrogen-bond donors (Lipinski definition) is 2. The molecule has 0 atom stereocenters. The van der Waals surface area contributed by atoms with Gasteiger partial charge in [-0.1, -0.05) is 6.07 Å². The van der Waals surface area contributed by atoms with Crippen molar-refractivity contribution in [3.05, 3.63) is 59.4 Å². The Morgan fingerprint density at radius 2 is 1.79 bits per heavy atom. The molecule has 5 nitrogen and oxygen atoms in total. The van der Waals surface area contributed by atoms with E-state index in [0.717, 1.165) is 0 Å². The zero-order chi connectivity index (χ0) is 21.2. The fourth-order valence-electron chi connectivity index (χ4n) is 3.18. The first kappa shape index (κ1) is 21.3. The molecule has 1 saturated carbocycles. The van der Waals surface area contributed by atoms with E-state index in [2.05, 4.69) is 10.0 Å². The second-order valence-corrected chi connectivity index (χ2v) is 8.91. The van der Waals surface area contributed by atoms with Crippen LogP contribution in [0.3, 0.4) is 0 Å². The average molecular weight is 426 g/mol. The third-order valence-corrected chi connectivity index (χ3v) is 6.38. The van der Waals surface area contributed by atoms with Crippen molar-refractivity contribution in [1.29, 1.82) is 0 Å². The Morgan fingerprint density at radius 1 is 1.10 bits per heavy atom. The van der Waals surface area contributed by atoms with Crippen molar-refractivity contribution in [2.45, 2.75) is 49.5 Å². The van der Waals surface area contributed by atoms with Crippen molar-refractivity contribution in [2.75, 3.05) is 5.32 Å². The molecule has 0 spiro atoms. The minimum absolute atomic E-state index is 0.0519. The van der Waals surface area contributed by atoms with E-state index in [1.165, 1.54) is 42.5 Å². The average Bonchev–Trinajstić information content (AvgIpc) is 2.66. The number of benzene rings is 2. The summed E-state index contributed by atoms with van der Waals surface area (Å²) in [4.78, 5) is 12.3. The molecule has 1 aliphatic carbocycles. The van der Waals surface area contributed by atoms with Gasteiger partial charge in [-0.3, -0.25) is 4.79 Å². The predicted molar refractivity (Wildman–Crippen MR) is 103 cm³/mol. The molecule has 3 rings (SSSR count). The summed E-state index contributed by atoms with van der Waals surface area (Å²) in [6.45, 7) is 1.56. The van der Waals surface area contributed by atoms with Crippen LogP contribution in [0.25, 0.3) is 0 Å². The summed E-state index contributed by atoms with van der Waals surface area (Å²) in [6.07, 6.45) is -0.619. The van der Waals surface area contributed by atoms with Crippen LogP contribution in [0.2, 0.25) is 0 Å². The van der Waals surface area contributed by atoms with E-state index in [1.54, 1.807) is 6.92 Å². The second kappa shape index (κ2) is 8.16. The van der Waals surface area contributed by atoms with Crippen LogP contribution in [0.15, 0.2) is 47.4 Å². The number of hydrogen-bond acceptors (Lipinski definition) is 3. The Bertz CT molecular complexity index is 1020. The van der Waals surface area contributed by atoms with Gasteiger partial charge >= 0.3 is 0 Å². The first-order chi connectivity index (χ1) is 13.6. The van der Waals surface area contributed by atoms with Gasteiger partial charge in [0.2, 0.25) is 15.9 Å². The summed E-state index contributed by atoms with van der Waals surface area (Å²) in [5.41, 5.74) is 0.842. The zero-order valence-electron chi connectivity index (χ0n) is 15.7. The molecule has 0 unspecified atom stereocenters. The third kappa shape index (κ3) is 5.36. The highest BCUT2D eigenvalue weighted by Gasteiger charge is 2.36. The van der Waals surface area contributed by atoms with E-state index in [4.69, 9.17) is 0 Å². The molecule has 1 aliphatic rings. The number of carbonyl (C=O) groups excluding carboxylic acids is 1. The van der Waals surface area contributed by atoms with Crippen LogP contribution in [0.5, 0.6) is 0 Å². The number of alkyl halides is 2. The molecule has 1 amide bonds. The van der Waals surface area contributed by atoms with E-state index >= 15 is 0 Å². The Balaban J connectivity index is 1.72. The van der Waals surface area contributed by atoms with Gasteiger partial charge in [-0.25, -0.2) is 26.3 Å². The van der Waals surface area contributed by atoms with Gasteiger partial charge in [0.15, 0.2) is 0 Å². The van der Waals surface area contributed by atoms with Crippen LogP contribution in [0, 0.1) is 12.7 Å². The first-order valence-corrected chi connectivity index (χ1v) is 10.6. The van der Waals surface area contributed by atoms with Gasteiger partial charge < -0.3 is 5.32 Å². The SMILES string of the molecule is Cc1cc(NC(=O)c2cccc(S(=O)(=O)NC3CCC(F)(F)CC3)c2)ccc1F. The lowest BCUT2D eigenvalue weighted by Gasteiger charge is -2.28. The predicted octanol–water partition coefficient (Wildman–Crippen LogP) is 4.24. The maximum atomic E-state index is 13.4. The van der Waals surface area contributed by atoms with Gasteiger partial charge in [0.1, 0.15) is 5.82 Å². The van der Waals surface area contributed by atoms with Gasteiger partial charge in [0.05, 0.1) is 4.90 Å². The first-order valence-electron chi connectivity index (χ1n) is 9.13. The lowest BCUT2D eigenvalue weighted by Crippen LogP contribution is -2.40. The fourth-order valence-corrected chi connectivity index (χ4v) is 4.53. The lowest BCUT2D eigenvalue weighted by atomic mass is 9.93. The highest BCUT2D eigenvalue weighted by Crippen LogP contribution is 2.33. The largest absolute Gasteiger partial charge is 0.322 e. The number of halogens is 3. The standard InChI is InChI=1S/C20H21F3N2O3S/c1-13-11-16(5-6-18(13)21)24-19(26)14-3-2-4-17(12-14)29(27,28)25-15-7-9-20(22,23)10-8-15/h2-6,11-12,15,25H,7-10H2,1H3,(H,24,26). The highest BCUT2D eigenvalue weighted by atomic mass is 32.2. The van der Waals surface area contributed by atoms with Crippen molar-refractivity contribution in [1.82, 2.24) is 4.72 Å². The summed E-state index contributed by atoms with van der Waals surface area (Å²) in [5.74, 6) is -3.70. The Morgan fingerprint density at radius 3 is 2.45 bits per heavy atom. The van der Waals surface area contributed by atoms with Crippen LogP contribution in [-0.4, -0.2) is 26.3 Å². The topological polar surface area (TPSA) is 75.3 Å². The molecule has 0 radical (unpaired) electrons. The Hall–Kier alpha value is -2.39. The van der Waals surface area contributed by atoms with Gasteiger partial charge in [-0.15, -0.1) is 0 Å². The fraction of sp³-hybridized carbons (Fsp3) is 0.350. The van der Waals surface area contributed by atoms with Crippen molar-refractivity contribution >= 4 is 21.6 Å². The molecule has 0 bridgehead atoms. The lowest BCUT2D eigenvalue weighted by molar-refractivity contribution is -0.0387. The normalized spacial score (nSPS) is 17.1. The minimum Gasteiger partial charge on any atom is -0.322 e. The number of carbonyl (C=O) groups is 1. The molecule has 1 fully saturated rings. The van der Waals surface area contributed by atoms with E-state index in [9.17, 15) is 26.4 Å². The molecule has 9 heteroatoms. The molecule has 2 aromatic carbocycles. The third-order valence-electron chi connectivity index (χ3n) is 4.86. The van der Waals surface area contributed by atoms with Crippen LogP contribution in [0.4, 0.5) is 18.9 Å². The quantitative estimate of drug-likeness (QED) is 0.751. The molecular weight excluding hydrogens is 405 g/mol. The molecule has 29 heavy (non-hydrogen) atoms. The zero-order valence-corrected chi connectivity index (χ0v) is 16.5. The summed E-state index contributed by atoms with van der Waals surface area (Å²) >= 11 is 0. The summed E-state index contributed by atoms with van der Waals surface area (Å²) in [7, 11) is -3.96. The van der Waals surface area contributed by atoms with E-state index in [0.29, 0.717) is 11.3 Å². The summed E-state index contributed by atoms with van der Waals surface area (Å²) in [5, 5.41) is 2.59. The molecule has 0 saturated heterocycles. The number of anilines is 1. The van der Waals surface area contributed by atoms with Crippen molar-refractivity contribution in [2.24, 2.45) is 0 Å². The number of sulfonamides is 1. The van der Waals surface area contributed by atoms with Gasteiger partial charge in [0, 0.05) is 30.1 Å². The van der Waals surface area contributed by atoms with E-state index in [-0.39, 0.29) is 36.1 Å². The minimum atomic E-state index is -3.96. The van der Waals surface area contributed by atoms with E-state index in [1.807, 2.05) is 0 Å². The van der Waals surface area contributed by atoms with Crippen molar-refractivity contribution in [3.63, 3.8) is 0 Å². The molecule has 0 aliphatic heterocycles. The van der Waals surface area contributed by atoms with Crippen LogP contribution < -0.4 is 10.0 Å². The molecule has 0 heterocycles. The molecule has 156 valence electrons. The molecule has 0 aromatic heterocycles. The molecule has 2 N–H and O–H groups in total. The smallest absolute Gasteiger partial charge is 0.255 e. The number of amides is 1. The number of nitrogens with one attached hydrogen (secondary N) is 2. The maximum Gasteiger partial charge on any atom is 0.255 e. The van der Waals surface area contributed by atoms with Crippen molar-refractivity contribution < 1.29 is 26.4 Å². The van der Waals surface area contributed by atoms with Crippen molar-refractivity contribution in [3.8, 4) is 0 Å². The second-order valence-electron chi connectivity index (χ2n) is 7.20. The van der Waals surface area contributed by atoms with Crippen LogP contribution in [0.1, 0.15) is 41.6 Å². The summed E-state index contributed by atoms with van der Waals surface area (Å²) in [6, 6.07) is 8.95. The highest BCUT2D eigenvalue weighted by molar-refractivity contribution is 7.89. The molecular formula is C20H21F3N2O3S. The van der Waals surface area contributed by atoms with Gasteiger partial charge in [0.25, 0.3) is 5.91 Å². The van der Waals surface area contributed by atoms with Crippen LogP contribution in [-0.2, 0) is 10.0 Å². The molecule has 2 aromatic rings. The van der Waals surface area contributed by atoms with Crippen LogP contribution >= 0.6 is 0 Å². The van der Waals surface area contributed by atoms with E-state index < -0.39 is 33.7 Å². The van der Waals surface area contributed by atoms with Gasteiger partial charge in [-0.2, -0.15) is 0 Å². The Labute approximate surface area is 167 Å². The Kier molecular flexibility index (Phi) is 6.00. The van der Waals surface area contributed by atoms with Gasteiger partial charge in [-0.05, 0) is 61.7 Å². The summed E-state index contributed by atoms with van der Waals surface area (Å²) < 4.78 is 67.5. The number of aryl methyl sites for hydroxylation is 1. The maximum absolute atomic E-state index is 13.4. The monoisotopic (exact) mass is 426 g/mol.